The Balaban J connectivity index is 2.69. The number of hydrogen-bond acceptors (Lipinski definition) is 7. The quantitative estimate of drug-likeness (QED) is 0.138. The van der Waals surface area contributed by atoms with Gasteiger partial charge in [0.05, 0.1) is 6.61 Å². The molecule has 1 amide bonds. The first-order chi connectivity index (χ1) is 17.5. The number of benzene rings is 1. The van der Waals surface area contributed by atoms with E-state index in [1.54, 1.807) is 27.7 Å². The Kier molecular flexibility index (Phi) is 10.7. The standard InChI is InChI=1S/C27H42F2N2O5SSi/c1-19-26(5,17-34-6)37-23(30-27(19,16-28)21-14-20(15-32)10-11-22(21)29)31(24(33)36-25(2,3)4)18-35-12-13-38(7,8)9/h10-11,14-15,19H,12-13,16-18H2,1-9H3/t19-,26-,27+/m1/s1. The number of amides is 1. The van der Waals surface area contributed by atoms with Crippen LogP contribution >= 0.6 is 11.8 Å². The SMILES string of the molecule is COC[C@@]1(C)SC(N(COCC[Si](C)(C)C)C(=O)OC(C)(C)C)=N[C@](CF)(c2cc(C=O)ccc2F)[C@@H]1C. The van der Waals surface area contributed by atoms with Crippen LogP contribution in [-0.4, -0.2) is 74.6 Å². The molecule has 0 spiro atoms. The summed E-state index contributed by atoms with van der Waals surface area (Å²) in [7, 11) is 0.131. The van der Waals surface area contributed by atoms with Crippen molar-refractivity contribution >= 4 is 37.4 Å². The first-order valence-electron chi connectivity index (χ1n) is 12.7. The predicted molar refractivity (Wildman–Crippen MR) is 151 cm³/mol. The first-order valence-corrected chi connectivity index (χ1v) is 17.2. The molecule has 2 rings (SSSR count). The van der Waals surface area contributed by atoms with E-state index in [1.807, 2.05) is 6.92 Å². The molecule has 0 aliphatic carbocycles. The third-order valence-corrected chi connectivity index (χ3v) is 9.68. The van der Waals surface area contributed by atoms with Gasteiger partial charge in [-0.25, -0.2) is 23.5 Å². The zero-order chi connectivity index (χ0) is 28.9. The van der Waals surface area contributed by atoms with Gasteiger partial charge >= 0.3 is 6.09 Å². The lowest BCUT2D eigenvalue weighted by molar-refractivity contribution is 0.0104. The normalized spacial score (nSPS) is 24.1. The number of methoxy groups -OCH3 is 1. The maximum Gasteiger partial charge on any atom is 0.418 e. The minimum Gasteiger partial charge on any atom is -0.443 e. The van der Waals surface area contributed by atoms with Crippen molar-refractivity contribution in [1.82, 2.24) is 4.90 Å². The van der Waals surface area contributed by atoms with Gasteiger partial charge in [-0.05, 0) is 51.9 Å². The number of alkyl halides is 1. The topological polar surface area (TPSA) is 77.4 Å². The number of hydrogen-bond donors (Lipinski definition) is 0. The van der Waals surface area contributed by atoms with Gasteiger partial charge in [-0.1, -0.05) is 38.3 Å². The second-order valence-corrected chi connectivity index (χ2v) is 19.3. The molecular formula is C27H42F2N2O5SSi. The van der Waals surface area contributed by atoms with Crippen molar-refractivity contribution in [2.45, 2.75) is 76.2 Å². The Morgan fingerprint density at radius 3 is 2.47 bits per heavy atom. The zero-order valence-corrected chi connectivity index (χ0v) is 25.8. The fourth-order valence-corrected chi connectivity index (χ4v) is 6.31. The summed E-state index contributed by atoms with van der Waals surface area (Å²) < 4.78 is 46.8. The van der Waals surface area contributed by atoms with Crippen molar-refractivity contribution in [3.63, 3.8) is 0 Å². The van der Waals surface area contributed by atoms with Crippen LogP contribution in [0.5, 0.6) is 0 Å². The van der Waals surface area contributed by atoms with Crippen molar-refractivity contribution in [1.29, 1.82) is 0 Å². The fraction of sp³-hybridized carbons (Fsp3) is 0.667. The molecule has 0 aromatic heterocycles. The highest BCUT2D eigenvalue weighted by atomic mass is 32.2. The molecular weight excluding hydrogens is 530 g/mol. The van der Waals surface area contributed by atoms with Gasteiger partial charge in [-0.2, -0.15) is 0 Å². The molecule has 1 aromatic carbocycles. The number of thioether (sulfide) groups is 1. The number of nitrogens with zero attached hydrogens (tertiary/aromatic N) is 2. The average molecular weight is 573 g/mol. The number of ether oxygens (including phenoxy) is 3. The van der Waals surface area contributed by atoms with E-state index in [0.717, 1.165) is 12.1 Å². The lowest BCUT2D eigenvalue weighted by Gasteiger charge is -2.49. The molecule has 0 bridgehead atoms. The lowest BCUT2D eigenvalue weighted by Crippen LogP contribution is -2.55. The predicted octanol–water partition coefficient (Wildman–Crippen LogP) is 6.50. The second kappa shape index (κ2) is 12.6. The number of halogens is 2. The molecule has 1 aliphatic heterocycles. The van der Waals surface area contributed by atoms with Crippen LogP contribution < -0.4 is 0 Å². The van der Waals surface area contributed by atoms with Crippen molar-refractivity contribution < 1.29 is 32.6 Å². The maximum absolute atomic E-state index is 15.3. The Morgan fingerprint density at radius 1 is 1.29 bits per heavy atom. The summed E-state index contributed by atoms with van der Waals surface area (Å²) in [5.74, 6) is -1.27. The number of aldehydes is 1. The highest BCUT2D eigenvalue weighted by Gasteiger charge is 2.54. The van der Waals surface area contributed by atoms with E-state index in [2.05, 4.69) is 19.6 Å². The molecule has 1 aliphatic rings. The number of carbonyl (C=O) groups is 2. The summed E-state index contributed by atoms with van der Waals surface area (Å²) >= 11 is 1.24. The van der Waals surface area contributed by atoms with E-state index >= 15 is 8.78 Å². The molecule has 0 N–H and O–H groups in total. The van der Waals surface area contributed by atoms with Crippen molar-refractivity contribution in [3.05, 3.63) is 35.1 Å². The molecule has 0 unspecified atom stereocenters. The van der Waals surface area contributed by atoms with Gasteiger partial charge in [-0.3, -0.25) is 4.79 Å². The molecule has 38 heavy (non-hydrogen) atoms. The monoisotopic (exact) mass is 572 g/mol. The Labute approximate surface area is 230 Å². The molecule has 214 valence electrons. The van der Waals surface area contributed by atoms with E-state index in [0.29, 0.717) is 12.9 Å². The van der Waals surface area contributed by atoms with Crippen LogP contribution in [0.4, 0.5) is 13.6 Å². The van der Waals surface area contributed by atoms with Crippen molar-refractivity contribution in [2.24, 2.45) is 10.9 Å². The largest absolute Gasteiger partial charge is 0.443 e. The van der Waals surface area contributed by atoms with Crippen molar-refractivity contribution in [3.8, 4) is 0 Å². The van der Waals surface area contributed by atoms with Crippen LogP contribution in [-0.2, 0) is 19.7 Å². The summed E-state index contributed by atoms with van der Waals surface area (Å²) in [5.41, 5.74) is -2.39. The summed E-state index contributed by atoms with van der Waals surface area (Å²) in [6.07, 6.45) is -0.129. The fourth-order valence-electron chi connectivity index (χ4n) is 4.15. The first kappa shape index (κ1) is 32.4. The van der Waals surface area contributed by atoms with Crippen LogP contribution in [0.3, 0.4) is 0 Å². The van der Waals surface area contributed by atoms with Crippen LogP contribution in [0.1, 0.15) is 50.5 Å². The number of aliphatic imine (C=N–C) groups is 1. The lowest BCUT2D eigenvalue weighted by atomic mass is 9.73. The van der Waals surface area contributed by atoms with Gasteiger partial charge < -0.3 is 14.2 Å². The van der Waals surface area contributed by atoms with Gasteiger partial charge in [0, 0.05) is 43.6 Å². The van der Waals surface area contributed by atoms with Gasteiger partial charge in [0.2, 0.25) is 0 Å². The van der Waals surface area contributed by atoms with Crippen LogP contribution in [0, 0.1) is 11.7 Å². The number of amidine groups is 1. The van der Waals surface area contributed by atoms with E-state index in [-0.39, 0.29) is 29.6 Å². The molecule has 1 aromatic rings. The third kappa shape index (κ3) is 7.86. The van der Waals surface area contributed by atoms with Gasteiger partial charge in [-0.15, -0.1) is 0 Å². The summed E-state index contributed by atoms with van der Waals surface area (Å²) in [6, 6.07) is 4.67. The van der Waals surface area contributed by atoms with Crippen LogP contribution in [0.25, 0.3) is 0 Å². The van der Waals surface area contributed by atoms with E-state index < -0.39 is 48.5 Å². The molecule has 0 radical (unpaired) electrons. The molecule has 1 heterocycles. The van der Waals surface area contributed by atoms with Gasteiger partial charge in [0.1, 0.15) is 36.6 Å². The van der Waals surface area contributed by atoms with E-state index in [9.17, 15) is 9.59 Å². The second-order valence-electron chi connectivity index (χ2n) is 12.1. The molecule has 0 saturated carbocycles. The van der Waals surface area contributed by atoms with Crippen LogP contribution in [0.15, 0.2) is 23.2 Å². The third-order valence-electron chi connectivity index (χ3n) is 6.54. The smallest absolute Gasteiger partial charge is 0.418 e. The van der Waals surface area contributed by atoms with E-state index in [1.165, 1.54) is 35.9 Å². The molecule has 7 nitrogen and oxygen atoms in total. The Hall–Kier alpha value is -1.82. The maximum atomic E-state index is 15.3. The molecule has 0 saturated heterocycles. The molecule has 0 fully saturated rings. The highest BCUT2D eigenvalue weighted by molar-refractivity contribution is 8.15. The molecule has 3 atom stereocenters. The van der Waals surface area contributed by atoms with Gasteiger partial charge in [0.15, 0.2) is 5.17 Å². The van der Waals surface area contributed by atoms with Crippen LogP contribution in [0.2, 0.25) is 25.7 Å². The molecule has 11 heteroatoms. The average Bonchev–Trinajstić information content (AvgIpc) is 2.80. The Bertz CT molecular complexity index is 1030. The summed E-state index contributed by atoms with van der Waals surface area (Å²) in [4.78, 5) is 30.9. The van der Waals surface area contributed by atoms with Gasteiger partial charge in [0.25, 0.3) is 0 Å². The summed E-state index contributed by atoms with van der Waals surface area (Å²) in [6.45, 7) is 14.9. The number of rotatable bonds is 10. The highest BCUT2D eigenvalue weighted by Crippen LogP contribution is 2.52. The Morgan fingerprint density at radius 2 is 1.95 bits per heavy atom. The number of carbonyl (C=O) groups excluding carboxylic acids is 2. The van der Waals surface area contributed by atoms with E-state index in [4.69, 9.17) is 19.2 Å². The summed E-state index contributed by atoms with van der Waals surface area (Å²) in [5, 5.41) is 0.137. The van der Waals surface area contributed by atoms with Crippen molar-refractivity contribution in [2.75, 3.05) is 33.7 Å². The zero-order valence-electron chi connectivity index (χ0n) is 24.0. The minimum absolute atomic E-state index is 0.0546. The minimum atomic E-state index is -1.73.